The van der Waals surface area contributed by atoms with E-state index in [0.29, 0.717) is 17.0 Å². The van der Waals surface area contributed by atoms with Crippen molar-refractivity contribution in [2.45, 2.75) is 6.92 Å². The van der Waals surface area contributed by atoms with E-state index in [9.17, 15) is 4.79 Å². The fourth-order valence-corrected chi connectivity index (χ4v) is 3.30. The summed E-state index contributed by atoms with van der Waals surface area (Å²) in [6.07, 6.45) is 1.68. The van der Waals surface area contributed by atoms with Crippen LogP contribution in [-0.4, -0.2) is 15.0 Å². The fourth-order valence-electron chi connectivity index (χ4n) is 2.64. The third-order valence-electron chi connectivity index (χ3n) is 3.72. The molecule has 6 heteroatoms. The number of hydrogen-bond donors (Lipinski definition) is 2. The van der Waals surface area contributed by atoms with Crippen molar-refractivity contribution in [3.05, 3.63) is 69.3 Å². The van der Waals surface area contributed by atoms with E-state index in [-0.39, 0.29) is 5.56 Å². The van der Waals surface area contributed by atoms with Gasteiger partial charge in [-0.25, -0.2) is 4.98 Å². The molecule has 0 amide bonds. The first-order valence-corrected chi connectivity index (χ1v) is 8.40. The molecule has 4 aromatic rings. The molecule has 0 atom stereocenters. The van der Waals surface area contributed by atoms with E-state index in [0.717, 1.165) is 22.4 Å². The maximum Gasteiger partial charge on any atom is 0.262 e. The molecule has 0 saturated carbocycles. The van der Waals surface area contributed by atoms with Gasteiger partial charge in [-0.3, -0.25) is 9.78 Å². The largest absolute Gasteiger partial charge is 0.326 e. The van der Waals surface area contributed by atoms with Gasteiger partial charge in [0.15, 0.2) is 5.65 Å². The molecule has 0 aliphatic carbocycles. The van der Waals surface area contributed by atoms with Crippen molar-refractivity contribution in [3.8, 4) is 11.1 Å². The molecule has 0 aliphatic heterocycles. The standard InChI is InChI=1S/C18H14N4OS/c1-11-3-2-4-13(9-11)20-18-21-16-15(17(23)22-18)14(5-7-19-16)12-6-8-24-10-12/h2-10H,1H3,(H2,19,20,21,22,23). The van der Waals surface area contributed by atoms with Crippen molar-refractivity contribution >= 4 is 34.0 Å². The summed E-state index contributed by atoms with van der Waals surface area (Å²) >= 11 is 1.59. The average Bonchev–Trinajstić information content (AvgIpc) is 3.08. The monoisotopic (exact) mass is 334 g/mol. The van der Waals surface area contributed by atoms with E-state index in [4.69, 9.17) is 0 Å². The summed E-state index contributed by atoms with van der Waals surface area (Å²) in [5.41, 5.74) is 4.06. The minimum absolute atomic E-state index is 0.204. The van der Waals surface area contributed by atoms with Gasteiger partial charge in [0, 0.05) is 17.4 Å². The Labute approximate surface area is 142 Å². The topological polar surface area (TPSA) is 70.7 Å². The molecule has 5 nitrogen and oxygen atoms in total. The van der Waals surface area contributed by atoms with Crippen LogP contribution in [0.3, 0.4) is 0 Å². The molecule has 0 bridgehead atoms. The lowest BCUT2D eigenvalue weighted by molar-refractivity contribution is 1.14. The van der Waals surface area contributed by atoms with Gasteiger partial charge >= 0.3 is 0 Å². The Kier molecular flexibility index (Phi) is 3.59. The zero-order valence-electron chi connectivity index (χ0n) is 12.9. The van der Waals surface area contributed by atoms with Gasteiger partial charge in [-0.15, -0.1) is 0 Å². The first kappa shape index (κ1) is 14.6. The molecule has 1 aromatic carbocycles. The van der Waals surface area contributed by atoms with Crippen molar-refractivity contribution in [3.63, 3.8) is 0 Å². The molecule has 118 valence electrons. The first-order valence-electron chi connectivity index (χ1n) is 7.46. The Hall–Kier alpha value is -2.99. The van der Waals surface area contributed by atoms with Crippen LogP contribution in [0.4, 0.5) is 11.6 Å². The summed E-state index contributed by atoms with van der Waals surface area (Å²) in [6, 6.07) is 11.7. The summed E-state index contributed by atoms with van der Waals surface area (Å²) in [4.78, 5) is 24.1. The predicted octanol–water partition coefficient (Wildman–Crippen LogP) is 4.10. The second kappa shape index (κ2) is 5.90. The lowest BCUT2D eigenvalue weighted by Crippen LogP contribution is -2.13. The van der Waals surface area contributed by atoms with Crippen LogP contribution >= 0.6 is 11.3 Å². The molecule has 4 rings (SSSR count). The quantitative estimate of drug-likeness (QED) is 0.592. The predicted molar refractivity (Wildman–Crippen MR) is 97.9 cm³/mol. The van der Waals surface area contributed by atoms with Gasteiger partial charge in [0.2, 0.25) is 5.95 Å². The number of anilines is 2. The van der Waals surface area contributed by atoms with E-state index in [2.05, 4.69) is 20.3 Å². The number of pyridine rings is 1. The zero-order valence-corrected chi connectivity index (χ0v) is 13.7. The van der Waals surface area contributed by atoms with E-state index >= 15 is 0 Å². The number of fused-ring (bicyclic) bond motifs is 1. The number of aromatic nitrogens is 3. The molecule has 3 aromatic heterocycles. The summed E-state index contributed by atoms with van der Waals surface area (Å²) in [5, 5.41) is 7.62. The highest BCUT2D eigenvalue weighted by molar-refractivity contribution is 7.08. The van der Waals surface area contributed by atoms with E-state index in [1.54, 1.807) is 17.5 Å². The lowest BCUT2D eigenvalue weighted by Gasteiger charge is -2.08. The third-order valence-corrected chi connectivity index (χ3v) is 4.40. The highest BCUT2D eigenvalue weighted by Gasteiger charge is 2.11. The van der Waals surface area contributed by atoms with Crippen LogP contribution < -0.4 is 10.9 Å². The number of nitrogens with one attached hydrogen (secondary N) is 2. The smallest absolute Gasteiger partial charge is 0.262 e. The van der Waals surface area contributed by atoms with Gasteiger partial charge in [-0.2, -0.15) is 16.3 Å². The zero-order chi connectivity index (χ0) is 16.5. The van der Waals surface area contributed by atoms with Crippen molar-refractivity contribution in [1.29, 1.82) is 0 Å². The molecule has 0 radical (unpaired) electrons. The van der Waals surface area contributed by atoms with Crippen LogP contribution in [0.25, 0.3) is 22.2 Å². The van der Waals surface area contributed by atoms with E-state index < -0.39 is 0 Å². The van der Waals surface area contributed by atoms with Gasteiger partial charge in [-0.05, 0) is 53.1 Å². The maximum absolute atomic E-state index is 12.6. The number of benzene rings is 1. The summed E-state index contributed by atoms with van der Waals surface area (Å²) in [5.74, 6) is 0.382. The molecule has 0 aliphatic rings. The molecule has 0 saturated heterocycles. The number of rotatable bonds is 3. The number of hydrogen-bond acceptors (Lipinski definition) is 5. The number of H-pyrrole nitrogens is 1. The molecule has 2 N–H and O–H groups in total. The van der Waals surface area contributed by atoms with Crippen molar-refractivity contribution in [2.24, 2.45) is 0 Å². The van der Waals surface area contributed by atoms with E-state index in [1.165, 1.54) is 0 Å². The Morgan fingerprint density at radius 2 is 2.12 bits per heavy atom. The highest BCUT2D eigenvalue weighted by Crippen LogP contribution is 2.26. The third kappa shape index (κ3) is 2.68. The van der Waals surface area contributed by atoms with Crippen LogP contribution in [0.1, 0.15) is 5.56 Å². The molecule has 3 heterocycles. The van der Waals surface area contributed by atoms with E-state index in [1.807, 2.05) is 54.1 Å². The van der Waals surface area contributed by atoms with Gasteiger partial charge in [-0.1, -0.05) is 12.1 Å². The first-order chi connectivity index (χ1) is 11.7. The van der Waals surface area contributed by atoms with Crippen LogP contribution in [0.2, 0.25) is 0 Å². The number of aryl methyl sites for hydroxylation is 1. The highest BCUT2D eigenvalue weighted by atomic mass is 32.1. The minimum atomic E-state index is -0.204. The Morgan fingerprint density at radius 1 is 1.21 bits per heavy atom. The van der Waals surface area contributed by atoms with Gasteiger partial charge in [0.05, 0.1) is 5.39 Å². The normalized spacial score (nSPS) is 10.9. The van der Waals surface area contributed by atoms with Crippen molar-refractivity contribution < 1.29 is 0 Å². The molecular formula is C18H14N4OS. The SMILES string of the molecule is Cc1cccc(Nc2nc3nccc(-c4ccsc4)c3c(=O)[nH]2)c1. The van der Waals surface area contributed by atoms with Crippen LogP contribution in [0, 0.1) is 6.92 Å². The van der Waals surface area contributed by atoms with Gasteiger partial charge < -0.3 is 5.32 Å². The van der Waals surface area contributed by atoms with Gasteiger partial charge in [0.1, 0.15) is 0 Å². The fraction of sp³-hybridized carbons (Fsp3) is 0.0556. The number of nitrogens with zero attached hydrogens (tertiary/aromatic N) is 2. The van der Waals surface area contributed by atoms with Crippen molar-refractivity contribution in [1.82, 2.24) is 15.0 Å². The minimum Gasteiger partial charge on any atom is -0.326 e. The molecule has 0 spiro atoms. The van der Waals surface area contributed by atoms with Gasteiger partial charge in [0.25, 0.3) is 5.56 Å². The second-order valence-electron chi connectivity index (χ2n) is 5.48. The second-order valence-corrected chi connectivity index (χ2v) is 6.26. The van der Waals surface area contributed by atoms with Crippen LogP contribution in [0.15, 0.2) is 58.1 Å². The number of thiophene rings is 1. The number of aromatic amines is 1. The molecule has 0 unspecified atom stereocenters. The van der Waals surface area contributed by atoms with Crippen LogP contribution in [0.5, 0.6) is 0 Å². The Morgan fingerprint density at radius 3 is 2.92 bits per heavy atom. The summed E-state index contributed by atoms with van der Waals surface area (Å²) < 4.78 is 0. The van der Waals surface area contributed by atoms with Crippen molar-refractivity contribution in [2.75, 3.05) is 5.32 Å². The molecule has 24 heavy (non-hydrogen) atoms. The average molecular weight is 334 g/mol. The lowest BCUT2D eigenvalue weighted by atomic mass is 10.1. The summed E-state index contributed by atoms with van der Waals surface area (Å²) in [6.45, 7) is 2.01. The van der Waals surface area contributed by atoms with Crippen LogP contribution in [-0.2, 0) is 0 Å². The summed E-state index contributed by atoms with van der Waals surface area (Å²) in [7, 11) is 0. The molecule has 0 fully saturated rings. The Bertz CT molecular complexity index is 1070. The Balaban J connectivity index is 1.83. The molecular weight excluding hydrogens is 320 g/mol. The maximum atomic E-state index is 12.6.